The predicted molar refractivity (Wildman–Crippen MR) is 96.7 cm³/mol. The fraction of sp³-hybridized carbons (Fsp3) is 0. The van der Waals surface area contributed by atoms with Crippen LogP contribution in [0, 0.1) is 0 Å². The molecule has 3 aromatic carbocycles. The molecule has 9 nitrogen and oxygen atoms in total. The van der Waals surface area contributed by atoms with Gasteiger partial charge in [-0.15, -0.1) is 9.45 Å². The predicted octanol–water partition coefficient (Wildman–Crippen LogP) is 4.64. The van der Waals surface area contributed by atoms with E-state index in [0.29, 0.717) is 21.4 Å². The Hall–Kier alpha value is -2.54. The molecule has 0 atom stereocenters. The van der Waals surface area contributed by atoms with E-state index in [2.05, 4.69) is 19.6 Å². The van der Waals surface area contributed by atoms with Gasteiger partial charge in [0.1, 0.15) is 11.4 Å². The number of phenolic OH excluding ortho intramolecular Hbond substituents is 1. The maximum Gasteiger partial charge on any atom is 0.294 e. The molecule has 3 rings (SSSR count). The number of benzene rings is 3. The third kappa shape index (κ3) is 4.60. The van der Waals surface area contributed by atoms with Crippen LogP contribution in [0.4, 0.5) is 11.4 Å². The molecular weight excluding hydrogens is 396 g/mol. The van der Waals surface area contributed by atoms with Gasteiger partial charge in [-0.05, 0) is 47.9 Å². The van der Waals surface area contributed by atoms with Gasteiger partial charge in [0.25, 0.3) is 10.1 Å². The summed E-state index contributed by atoms with van der Waals surface area (Å²) in [6.07, 6.45) is 0. The van der Waals surface area contributed by atoms with Crippen LogP contribution in [-0.4, -0.2) is 23.3 Å². The quantitative estimate of drug-likeness (QED) is 0.176. The van der Waals surface area contributed by atoms with Gasteiger partial charge in [0, 0.05) is 10.3 Å². The molecule has 0 unspecified atom stereocenters. The number of phenols is 1. The highest BCUT2D eigenvalue weighted by atomic mass is 32.2. The van der Waals surface area contributed by atoms with Crippen LogP contribution in [0.1, 0.15) is 0 Å². The Morgan fingerprint density at radius 3 is 2.37 bits per heavy atom. The second kappa shape index (κ2) is 8.00. The molecule has 0 spiro atoms. The molecule has 140 valence electrons. The molecule has 3 N–H and O–H groups in total. The summed E-state index contributed by atoms with van der Waals surface area (Å²) in [6.45, 7) is 0. The van der Waals surface area contributed by atoms with E-state index in [1.54, 1.807) is 24.3 Å². The van der Waals surface area contributed by atoms with Crippen molar-refractivity contribution in [1.82, 2.24) is 0 Å². The smallest absolute Gasteiger partial charge is 0.294 e. The maximum atomic E-state index is 11.3. The zero-order chi connectivity index (χ0) is 19.4. The first-order chi connectivity index (χ1) is 12.9. The van der Waals surface area contributed by atoms with Crippen molar-refractivity contribution in [3.05, 3.63) is 54.6 Å². The Labute approximate surface area is 157 Å². The van der Waals surface area contributed by atoms with Gasteiger partial charge in [-0.1, -0.05) is 17.2 Å². The summed E-state index contributed by atoms with van der Waals surface area (Å²) in [5.41, 5.74) is 0.639. The fourth-order valence-electron chi connectivity index (χ4n) is 2.28. The summed E-state index contributed by atoms with van der Waals surface area (Å²) in [5, 5.41) is 30.7. The van der Waals surface area contributed by atoms with E-state index in [1.807, 2.05) is 0 Å². The first kappa shape index (κ1) is 19.2. The van der Waals surface area contributed by atoms with E-state index in [4.69, 9.17) is 9.81 Å². The number of hydrogen-bond donors (Lipinski definition) is 3. The number of azo groups is 1. The zero-order valence-corrected chi connectivity index (χ0v) is 15.0. The lowest BCUT2D eigenvalue weighted by Gasteiger charge is -2.05. The van der Waals surface area contributed by atoms with E-state index in [0.717, 1.165) is 12.0 Å². The van der Waals surface area contributed by atoms with Crippen LogP contribution in [0.2, 0.25) is 0 Å². The molecule has 0 heterocycles. The summed E-state index contributed by atoms with van der Waals surface area (Å²) in [7, 11) is -4.34. The van der Waals surface area contributed by atoms with Gasteiger partial charge in [0.2, 0.25) is 0 Å². The molecule has 3 aromatic rings. The third-order valence-electron chi connectivity index (χ3n) is 3.50. The lowest BCUT2D eigenvalue weighted by molar-refractivity contribution is -0.432. The van der Waals surface area contributed by atoms with E-state index in [9.17, 15) is 13.5 Å². The van der Waals surface area contributed by atoms with E-state index in [1.165, 1.54) is 30.3 Å². The summed E-state index contributed by atoms with van der Waals surface area (Å²) in [4.78, 5) is 0.388. The molecule has 0 aliphatic carbocycles. The molecule has 0 bridgehead atoms. The SMILES string of the molecule is O=S(=O)(O)c1ccc2c(N=Nc3ccc(SOOO)cc3)c(O)ccc2c1. The Kier molecular flexibility index (Phi) is 5.70. The molecule has 0 fully saturated rings. The number of fused-ring (bicyclic) bond motifs is 1. The summed E-state index contributed by atoms with van der Waals surface area (Å²) < 4.78 is 36.0. The Morgan fingerprint density at radius 1 is 0.963 bits per heavy atom. The Morgan fingerprint density at radius 2 is 1.70 bits per heavy atom. The van der Waals surface area contributed by atoms with Crippen LogP contribution in [0.15, 0.2) is 74.6 Å². The summed E-state index contributed by atoms with van der Waals surface area (Å²) in [6, 6.07) is 13.3. The van der Waals surface area contributed by atoms with Crippen molar-refractivity contribution < 1.29 is 32.7 Å². The number of aromatic hydroxyl groups is 1. The average Bonchev–Trinajstić information content (AvgIpc) is 2.65. The van der Waals surface area contributed by atoms with Crippen LogP contribution in [0.3, 0.4) is 0 Å². The van der Waals surface area contributed by atoms with Gasteiger partial charge in [-0.3, -0.25) is 4.55 Å². The standard InChI is InChI=1S/C16H12N2O7S2/c19-15-8-1-10-9-13(27(21,22)23)6-7-14(10)16(15)18-17-11-2-4-12(5-3-11)26-25-24-20/h1-9,19-20H,(H,21,22,23). The normalized spacial score (nSPS) is 12.1. The first-order valence-corrected chi connectivity index (χ1v) is 9.46. The Balaban J connectivity index is 1.94. The van der Waals surface area contributed by atoms with Gasteiger partial charge in [0.15, 0.2) is 0 Å². The molecular formula is C16H12N2O7S2. The minimum atomic E-state index is -4.34. The van der Waals surface area contributed by atoms with Crippen LogP contribution >= 0.6 is 12.0 Å². The van der Waals surface area contributed by atoms with Gasteiger partial charge in [-0.2, -0.15) is 13.5 Å². The fourth-order valence-corrected chi connectivity index (χ4v) is 3.15. The molecule has 0 radical (unpaired) electrons. The van der Waals surface area contributed by atoms with Crippen molar-refractivity contribution >= 4 is 44.3 Å². The number of nitrogens with zero attached hydrogens (tertiary/aromatic N) is 2. The minimum absolute atomic E-state index is 0.133. The first-order valence-electron chi connectivity index (χ1n) is 7.28. The van der Waals surface area contributed by atoms with E-state index >= 15 is 0 Å². The molecule has 0 aliphatic rings. The lowest BCUT2D eigenvalue weighted by atomic mass is 10.1. The molecule has 0 amide bonds. The number of rotatable bonds is 6. The van der Waals surface area contributed by atoms with Gasteiger partial charge < -0.3 is 5.11 Å². The van der Waals surface area contributed by atoms with Crippen LogP contribution in [0.25, 0.3) is 10.8 Å². The highest BCUT2D eigenvalue weighted by Gasteiger charge is 2.13. The largest absolute Gasteiger partial charge is 0.506 e. The van der Waals surface area contributed by atoms with Crippen LogP contribution in [0.5, 0.6) is 5.75 Å². The van der Waals surface area contributed by atoms with Crippen LogP contribution < -0.4 is 0 Å². The van der Waals surface area contributed by atoms with Crippen molar-refractivity contribution in [3.63, 3.8) is 0 Å². The lowest BCUT2D eigenvalue weighted by Crippen LogP contribution is -1.97. The van der Waals surface area contributed by atoms with Gasteiger partial charge >= 0.3 is 0 Å². The van der Waals surface area contributed by atoms with Crippen molar-refractivity contribution in [1.29, 1.82) is 0 Å². The summed E-state index contributed by atoms with van der Waals surface area (Å²) >= 11 is 0.797. The monoisotopic (exact) mass is 408 g/mol. The average molecular weight is 408 g/mol. The topological polar surface area (TPSA) is 138 Å². The highest BCUT2D eigenvalue weighted by molar-refractivity contribution is 7.94. The molecule has 0 aromatic heterocycles. The van der Waals surface area contributed by atoms with Crippen molar-refractivity contribution in [2.45, 2.75) is 9.79 Å². The minimum Gasteiger partial charge on any atom is -0.506 e. The number of hydrogen-bond acceptors (Lipinski definition) is 9. The Bertz CT molecular complexity index is 1100. The molecule has 11 heteroatoms. The van der Waals surface area contributed by atoms with Crippen molar-refractivity contribution in [2.24, 2.45) is 10.2 Å². The van der Waals surface area contributed by atoms with Gasteiger partial charge in [-0.25, -0.2) is 5.26 Å². The van der Waals surface area contributed by atoms with Crippen LogP contribution in [-0.2, 0) is 19.5 Å². The van der Waals surface area contributed by atoms with E-state index in [-0.39, 0.29) is 16.3 Å². The molecule has 0 saturated heterocycles. The third-order valence-corrected chi connectivity index (χ3v) is 4.95. The molecule has 0 saturated carbocycles. The summed E-state index contributed by atoms with van der Waals surface area (Å²) in [5.74, 6) is -0.133. The van der Waals surface area contributed by atoms with Crippen molar-refractivity contribution in [3.8, 4) is 5.75 Å². The van der Waals surface area contributed by atoms with E-state index < -0.39 is 10.1 Å². The van der Waals surface area contributed by atoms with Gasteiger partial charge in [0.05, 0.1) is 22.6 Å². The maximum absolute atomic E-state index is 11.3. The highest BCUT2D eigenvalue weighted by Crippen LogP contribution is 2.37. The second-order valence-electron chi connectivity index (χ2n) is 5.21. The zero-order valence-electron chi connectivity index (χ0n) is 13.4. The second-order valence-corrected chi connectivity index (χ2v) is 7.41. The molecule has 0 aliphatic heterocycles. The van der Waals surface area contributed by atoms with Crippen molar-refractivity contribution in [2.75, 3.05) is 0 Å². The molecule has 27 heavy (non-hydrogen) atoms.